The van der Waals surface area contributed by atoms with E-state index in [1.165, 1.54) is 7.11 Å². The smallest absolute Gasteiger partial charge is 0.412 e. The van der Waals surface area contributed by atoms with Crippen molar-refractivity contribution < 1.29 is 9.53 Å². The van der Waals surface area contributed by atoms with Crippen molar-refractivity contribution in [2.75, 3.05) is 12.4 Å². The summed E-state index contributed by atoms with van der Waals surface area (Å²) in [5.74, 6) is 0.497. The van der Waals surface area contributed by atoms with E-state index in [4.69, 9.17) is 0 Å². The van der Waals surface area contributed by atoms with E-state index in [0.717, 1.165) is 15.2 Å². The molecule has 1 heterocycles. The Labute approximate surface area is 101 Å². The second-order valence-corrected chi connectivity index (χ2v) is 4.06. The number of nitrogens with zero attached hydrogens (tertiary/aromatic N) is 1. The van der Waals surface area contributed by atoms with Crippen molar-refractivity contribution in [3.63, 3.8) is 0 Å². The van der Waals surface area contributed by atoms with Crippen molar-refractivity contribution in [2.24, 2.45) is 0 Å². The molecule has 2 aromatic rings. The summed E-state index contributed by atoms with van der Waals surface area (Å²) in [6, 6.07) is 7.62. The highest BCUT2D eigenvalue weighted by Gasteiger charge is 2.06. The molecule has 0 aliphatic rings. The van der Waals surface area contributed by atoms with Crippen LogP contribution in [0.3, 0.4) is 0 Å². The summed E-state index contributed by atoms with van der Waals surface area (Å²) < 4.78 is 5.51. The van der Waals surface area contributed by atoms with Gasteiger partial charge in [0.15, 0.2) is 0 Å². The van der Waals surface area contributed by atoms with Crippen LogP contribution in [-0.4, -0.2) is 18.2 Å². The molecule has 0 aliphatic carbocycles. The Morgan fingerprint density at radius 2 is 2.25 bits per heavy atom. The lowest BCUT2D eigenvalue weighted by Gasteiger charge is -2.06. The lowest BCUT2D eigenvalue weighted by atomic mass is 10.1. The molecule has 1 N–H and O–H groups in total. The zero-order valence-corrected chi connectivity index (χ0v) is 10.1. The predicted octanol–water partition coefficient (Wildman–Crippen LogP) is 3.18. The minimum absolute atomic E-state index is 0.497. The average molecular weight is 281 g/mol. The van der Waals surface area contributed by atoms with Crippen LogP contribution in [0, 0.1) is 0 Å². The highest BCUT2D eigenvalue weighted by Crippen LogP contribution is 2.24. The van der Waals surface area contributed by atoms with Crippen molar-refractivity contribution in [1.82, 2.24) is 4.98 Å². The van der Waals surface area contributed by atoms with Gasteiger partial charge in [-0.25, -0.2) is 9.78 Å². The second-order valence-electron chi connectivity index (χ2n) is 3.14. The van der Waals surface area contributed by atoms with Gasteiger partial charge in [-0.2, -0.15) is 0 Å². The van der Waals surface area contributed by atoms with E-state index in [-0.39, 0.29) is 0 Å². The van der Waals surface area contributed by atoms with Gasteiger partial charge in [-0.3, -0.25) is 5.32 Å². The van der Waals surface area contributed by atoms with Gasteiger partial charge in [-0.1, -0.05) is 15.9 Å². The average Bonchev–Trinajstić information content (AvgIpc) is 2.28. The molecule has 4 nitrogen and oxygen atoms in total. The zero-order chi connectivity index (χ0) is 11.5. The number of hydrogen-bond acceptors (Lipinski definition) is 3. The van der Waals surface area contributed by atoms with E-state index in [1.54, 1.807) is 6.20 Å². The van der Waals surface area contributed by atoms with Crippen molar-refractivity contribution >= 4 is 38.6 Å². The number of nitrogens with one attached hydrogen (secondary N) is 1. The maximum absolute atomic E-state index is 11.1. The fourth-order valence-corrected chi connectivity index (χ4v) is 1.77. The van der Waals surface area contributed by atoms with Gasteiger partial charge < -0.3 is 4.74 Å². The van der Waals surface area contributed by atoms with Crippen molar-refractivity contribution in [3.05, 3.63) is 34.9 Å². The fourth-order valence-electron chi connectivity index (χ4n) is 1.40. The van der Waals surface area contributed by atoms with Crippen molar-refractivity contribution in [3.8, 4) is 0 Å². The first-order valence-corrected chi connectivity index (χ1v) is 5.39. The molecule has 1 aromatic carbocycles. The van der Waals surface area contributed by atoms with Crippen LogP contribution in [0.2, 0.25) is 0 Å². The number of amides is 1. The molecule has 0 unspecified atom stereocenters. The number of halogens is 1. The molecule has 0 aliphatic heterocycles. The second kappa shape index (κ2) is 4.49. The molecular formula is C11H9BrN2O2. The minimum atomic E-state index is -0.525. The van der Waals surface area contributed by atoms with Crippen LogP contribution in [0.4, 0.5) is 10.6 Å². The first-order chi connectivity index (χ1) is 7.70. The third kappa shape index (κ3) is 2.14. The number of ether oxygens (including phenoxy) is 1. The molecule has 16 heavy (non-hydrogen) atoms. The van der Waals surface area contributed by atoms with Gasteiger partial charge in [-0.05, 0) is 29.7 Å². The number of methoxy groups -OCH3 is 1. The monoisotopic (exact) mass is 280 g/mol. The van der Waals surface area contributed by atoms with Crippen molar-refractivity contribution in [1.29, 1.82) is 0 Å². The number of aromatic nitrogens is 1. The molecule has 1 amide bonds. The molecule has 0 radical (unpaired) electrons. The molecular weight excluding hydrogens is 272 g/mol. The molecule has 5 heteroatoms. The minimum Gasteiger partial charge on any atom is -0.453 e. The highest BCUT2D eigenvalue weighted by molar-refractivity contribution is 9.10. The first-order valence-electron chi connectivity index (χ1n) is 4.60. The van der Waals surface area contributed by atoms with Gasteiger partial charge in [0.25, 0.3) is 0 Å². The van der Waals surface area contributed by atoms with Crippen LogP contribution >= 0.6 is 15.9 Å². The Hall–Kier alpha value is -1.62. The maximum atomic E-state index is 11.1. The van der Waals surface area contributed by atoms with Gasteiger partial charge in [0.2, 0.25) is 0 Å². The Balaban J connectivity index is 2.49. The SMILES string of the molecule is COC(=O)Nc1nccc2cc(Br)ccc12. The summed E-state index contributed by atoms with van der Waals surface area (Å²) in [6.45, 7) is 0. The van der Waals surface area contributed by atoms with Gasteiger partial charge in [0, 0.05) is 16.1 Å². The predicted molar refractivity (Wildman–Crippen MR) is 65.5 cm³/mol. The maximum Gasteiger partial charge on any atom is 0.412 e. The summed E-state index contributed by atoms with van der Waals surface area (Å²) in [6.07, 6.45) is 1.11. The number of carbonyl (C=O) groups excluding carboxylic acids is 1. The van der Waals surface area contributed by atoms with E-state index >= 15 is 0 Å². The Morgan fingerprint density at radius 1 is 1.44 bits per heavy atom. The Bertz CT molecular complexity index is 542. The van der Waals surface area contributed by atoms with E-state index in [0.29, 0.717) is 5.82 Å². The molecule has 0 atom stereocenters. The Kier molecular flexibility index (Phi) is 3.05. The molecule has 2 rings (SSSR count). The molecule has 0 bridgehead atoms. The van der Waals surface area contributed by atoms with Gasteiger partial charge in [0.05, 0.1) is 7.11 Å². The van der Waals surface area contributed by atoms with Crippen LogP contribution in [0.25, 0.3) is 10.8 Å². The normalized spacial score (nSPS) is 10.1. The zero-order valence-electron chi connectivity index (χ0n) is 8.53. The number of benzene rings is 1. The third-order valence-electron chi connectivity index (χ3n) is 2.13. The summed E-state index contributed by atoms with van der Waals surface area (Å²) >= 11 is 3.39. The van der Waals surface area contributed by atoms with E-state index in [9.17, 15) is 4.79 Å². The van der Waals surface area contributed by atoms with E-state index in [2.05, 4.69) is 31.0 Å². The van der Waals surface area contributed by atoms with Gasteiger partial charge in [0.1, 0.15) is 5.82 Å². The molecule has 82 valence electrons. The summed E-state index contributed by atoms with van der Waals surface area (Å²) in [7, 11) is 1.32. The van der Waals surface area contributed by atoms with Gasteiger partial charge >= 0.3 is 6.09 Å². The number of fused-ring (bicyclic) bond motifs is 1. The Morgan fingerprint density at radius 3 is 3.00 bits per heavy atom. The first kappa shape index (κ1) is 10.9. The molecule has 1 aromatic heterocycles. The quantitative estimate of drug-likeness (QED) is 0.873. The lowest BCUT2D eigenvalue weighted by molar-refractivity contribution is 0.187. The number of pyridine rings is 1. The molecule has 0 spiro atoms. The number of hydrogen-bond donors (Lipinski definition) is 1. The lowest BCUT2D eigenvalue weighted by Crippen LogP contribution is -2.12. The van der Waals surface area contributed by atoms with Crippen LogP contribution in [-0.2, 0) is 4.74 Å². The summed E-state index contributed by atoms with van der Waals surface area (Å²) in [5, 5.41) is 4.43. The topological polar surface area (TPSA) is 51.2 Å². The van der Waals surface area contributed by atoms with Crippen LogP contribution < -0.4 is 5.32 Å². The highest BCUT2D eigenvalue weighted by atomic mass is 79.9. The largest absolute Gasteiger partial charge is 0.453 e. The number of rotatable bonds is 1. The van der Waals surface area contributed by atoms with Crippen molar-refractivity contribution in [2.45, 2.75) is 0 Å². The van der Waals surface area contributed by atoms with E-state index in [1.807, 2.05) is 24.3 Å². The van der Waals surface area contributed by atoms with Crippen LogP contribution in [0.5, 0.6) is 0 Å². The third-order valence-corrected chi connectivity index (χ3v) is 2.63. The molecule has 0 fully saturated rings. The van der Waals surface area contributed by atoms with Crippen LogP contribution in [0.15, 0.2) is 34.9 Å². The molecule has 0 saturated carbocycles. The fraction of sp³-hybridized carbons (Fsp3) is 0.0909. The summed E-state index contributed by atoms with van der Waals surface area (Å²) in [5.41, 5.74) is 0. The van der Waals surface area contributed by atoms with Crippen LogP contribution in [0.1, 0.15) is 0 Å². The summed E-state index contributed by atoms with van der Waals surface area (Å²) in [4.78, 5) is 15.2. The standard InChI is InChI=1S/C11H9BrN2O2/c1-16-11(15)14-10-9-3-2-8(12)6-7(9)4-5-13-10/h2-6H,1H3,(H,13,14,15). The molecule has 0 saturated heterocycles. The van der Waals surface area contributed by atoms with Gasteiger partial charge in [-0.15, -0.1) is 0 Å². The van der Waals surface area contributed by atoms with E-state index < -0.39 is 6.09 Å². The number of carbonyl (C=O) groups is 1. The number of anilines is 1.